The summed E-state index contributed by atoms with van der Waals surface area (Å²) in [6.07, 6.45) is 7.96. The Bertz CT molecular complexity index is 1310. The Kier molecular flexibility index (Phi) is 17.5. The fourth-order valence-electron chi connectivity index (χ4n) is 5.98. The Morgan fingerprint density at radius 2 is 1.46 bits per heavy atom. The van der Waals surface area contributed by atoms with E-state index in [0.29, 0.717) is 17.4 Å². The van der Waals surface area contributed by atoms with E-state index < -0.39 is 34.5 Å². The van der Waals surface area contributed by atoms with Crippen LogP contribution in [0.15, 0.2) is 46.7 Å². The van der Waals surface area contributed by atoms with Gasteiger partial charge in [0.25, 0.3) is 0 Å². The first-order chi connectivity index (χ1) is 21.2. The van der Waals surface area contributed by atoms with Crippen LogP contribution in [0.5, 0.6) is 0 Å². The lowest BCUT2D eigenvalue weighted by atomic mass is 9.84. The van der Waals surface area contributed by atoms with Gasteiger partial charge in [0.1, 0.15) is 6.04 Å². The monoisotopic (exact) mass is 719 g/mol. The fourth-order valence-corrected chi connectivity index (χ4v) is 8.22. The number of carboxylic acids is 1. The van der Waals surface area contributed by atoms with E-state index in [4.69, 9.17) is 0 Å². The van der Waals surface area contributed by atoms with Crippen molar-refractivity contribution in [1.82, 2.24) is 26.0 Å². The number of benzene rings is 1. The highest BCUT2D eigenvalue weighted by atomic mass is 35.5. The first-order valence-corrected chi connectivity index (χ1v) is 17.9. The van der Waals surface area contributed by atoms with Crippen molar-refractivity contribution in [1.29, 1.82) is 0 Å². The van der Waals surface area contributed by atoms with E-state index in [9.17, 15) is 27.9 Å². The lowest BCUT2D eigenvalue weighted by molar-refractivity contribution is -0.139. The van der Waals surface area contributed by atoms with Crippen molar-refractivity contribution < 1.29 is 27.9 Å². The van der Waals surface area contributed by atoms with Gasteiger partial charge in [0.05, 0.1) is 11.4 Å². The summed E-state index contributed by atoms with van der Waals surface area (Å²) in [4.78, 5) is 38.5. The minimum Gasteiger partial charge on any atom is -0.480 e. The molecule has 1 atom stereocenters. The van der Waals surface area contributed by atoms with Gasteiger partial charge in [-0.1, -0.05) is 24.3 Å². The molecule has 0 aliphatic carbocycles. The molecule has 1 aromatic heterocycles. The molecule has 15 heteroatoms. The summed E-state index contributed by atoms with van der Waals surface area (Å²) in [5.41, 5.74) is 0.459. The van der Waals surface area contributed by atoms with Gasteiger partial charge >= 0.3 is 5.97 Å². The summed E-state index contributed by atoms with van der Waals surface area (Å²) in [6.45, 7) is 3.24. The molecule has 0 spiro atoms. The predicted molar refractivity (Wildman–Crippen MR) is 185 cm³/mol. The second-order valence-electron chi connectivity index (χ2n) is 11.7. The number of amides is 2. The Morgan fingerprint density at radius 3 is 2.00 bits per heavy atom. The predicted octanol–water partition coefficient (Wildman–Crippen LogP) is 3.40. The van der Waals surface area contributed by atoms with Gasteiger partial charge in [-0.25, -0.2) is 8.42 Å². The fraction of sp³-hybridized carbons (Fsp3) is 0.581. The standard InChI is InChI=1S/C31H45N5O6S2.2ClH/c37-29(21-35-30(38)24(9-7-22-11-15-32-16-12-22)10-8-23-13-17-33-18-14-23)34-20-26(31(39)40)36-44(41,42)28-6-2-1-4-25(28)27-5-3-19-43-27;;/h1-6,19,22-24,26,32-33,36H,7-18,20-21H2,(H,34,37)(H,35,38)(H,39,40);2*1H. The molecule has 2 aliphatic rings. The van der Waals surface area contributed by atoms with Crippen molar-refractivity contribution >= 4 is 64.0 Å². The summed E-state index contributed by atoms with van der Waals surface area (Å²) < 4.78 is 28.6. The van der Waals surface area contributed by atoms with Crippen LogP contribution in [0.1, 0.15) is 51.4 Å². The number of carboxylic acid groups (broad SMARTS) is 1. The lowest BCUT2D eigenvalue weighted by Crippen LogP contribution is -2.50. The quantitative estimate of drug-likeness (QED) is 0.154. The third-order valence-electron chi connectivity index (χ3n) is 8.62. The van der Waals surface area contributed by atoms with Gasteiger partial charge in [0, 0.05) is 22.9 Å². The van der Waals surface area contributed by atoms with Crippen LogP contribution in [0.4, 0.5) is 0 Å². The van der Waals surface area contributed by atoms with Crippen molar-refractivity contribution in [2.24, 2.45) is 17.8 Å². The van der Waals surface area contributed by atoms with Crippen LogP contribution in [-0.2, 0) is 24.4 Å². The molecule has 2 aliphatic heterocycles. The van der Waals surface area contributed by atoms with Gasteiger partial charge in [0.15, 0.2) is 0 Å². The summed E-state index contributed by atoms with van der Waals surface area (Å²) in [7, 11) is -4.23. The molecule has 2 amide bonds. The summed E-state index contributed by atoms with van der Waals surface area (Å²) >= 11 is 1.37. The third kappa shape index (κ3) is 12.4. The van der Waals surface area contributed by atoms with Crippen molar-refractivity contribution in [3.8, 4) is 10.4 Å². The van der Waals surface area contributed by atoms with E-state index in [0.717, 1.165) is 82.4 Å². The zero-order valence-corrected chi connectivity index (χ0v) is 29.1. The number of carbonyl (C=O) groups excluding carboxylic acids is 2. The van der Waals surface area contributed by atoms with Crippen molar-refractivity contribution in [3.05, 3.63) is 41.8 Å². The molecule has 4 rings (SSSR count). The molecule has 0 radical (unpaired) electrons. The van der Waals surface area contributed by atoms with Gasteiger partial charge in [-0.15, -0.1) is 36.2 Å². The van der Waals surface area contributed by atoms with Crippen molar-refractivity contribution in [3.63, 3.8) is 0 Å². The van der Waals surface area contributed by atoms with E-state index in [1.807, 2.05) is 5.38 Å². The molecule has 2 saturated heterocycles. The van der Waals surface area contributed by atoms with E-state index in [-0.39, 0.29) is 48.1 Å². The van der Waals surface area contributed by atoms with E-state index >= 15 is 0 Å². The molecule has 11 nitrogen and oxygen atoms in total. The van der Waals surface area contributed by atoms with Crippen LogP contribution >= 0.6 is 36.2 Å². The van der Waals surface area contributed by atoms with Gasteiger partial charge < -0.3 is 26.4 Å². The third-order valence-corrected chi connectivity index (χ3v) is 11.1. The maximum absolute atomic E-state index is 13.2. The first-order valence-electron chi connectivity index (χ1n) is 15.6. The molecule has 258 valence electrons. The molecule has 1 unspecified atom stereocenters. The van der Waals surface area contributed by atoms with Crippen LogP contribution in [0, 0.1) is 17.8 Å². The normalized spacial score (nSPS) is 16.5. The highest BCUT2D eigenvalue weighted by Crippen LogP contribution is 2.31. The molecule has 2 fully saturated rings. The number of hydrogen-bond donors (Lipinski definition) is 6. The van der Waals surface area contributed by atoms with Crippen LogP contribution in [0.2, 0.25) is 0 Å². The molecule has 46 heavy (non-hydrogen) atoms. The molecular formula is C31H47Cl2N5O6S2. The van der Waals surface area contributed by atoms with Crippen LogP contribution in [-0.4, -0.2) is 76.6 Å². The van der Waals surface area contributed by atoms with Gasteiger partial charge in [-0.2, -0.15) is 4.72 Å². The Labute approximate surface area is 288 Å². The number of aliphatic carboxylic acids is 1. The Morgan fingerprint density at radius 1 is 0.870 bits per heavy atom. The summed E-state index contributed by atoms with van der Waals surface area (Å²) in [5.74, 6) is -1.16. The van der Waals surface area contributed by atoms with Crippen LogP contribution < -0.4 is 26.0 Å². The maximum atomic E-state index is 13.2. The Balaban J connectivity index is 0.00000368. The van der Waals surface area contributed by atoms with Crippen LogP contribution in [0.25, 0.3) is 10.4 Å². The summed E-state index contributed by atoms with van der Waals surface area (Å²) in [5, 5.41) is 23.5. The first kappa shape index (κ1) is 39.9. The average Bonchev–Trinajstić information content (AvgIpc) is 3.58. The number of halogens is 2. The molecule has 2 aromatic rings. The highest BCUT2D eigenvalue weighted by Gasteiger charge is 2.29. The number of thiophene rings is 1. The SMILES string of the molecule is Cl.Cl.O=C(CNC(=O)C(CCC1CCNCC1)CCC1CCNCC1)NCC(NS(=O)(=O)c1ccccc1-c1cccs1)C(=O)O. The zero-order chi connectivity index (χ0) is 31.4. The molecule has 1 aromatic carbocycles. The number of hydrogen-bond acceptors (Lipinski definition) is 8. The topological polar surface area (TPSA) is 166 Å². The minimum absolute atomic E-state index is 0. The average molecular weight is 721 g/mol. The zero-order valence-electron chi connectivity index (χ0n) is 25.9. The number of rotatable bonds is 16. The number of nitrogens with one attached hydrogen (secondary N) is 5. The number of sulfonamides is 1. The van der Waals surface area contributed by atoms with E-state index in [2.05, 4.69) is 26.0 Å². The van der Waals surface area contributed by atoms with Gasteiger partial charge in [0.2, 0.25) is 21.8 Å². The van der Waals surface area contributed by atoms with E-state index in [1.165, 1.54) is 17.4 Å². The van der Waals surface area contributed by atoms with E-state index in [1.54, 1.807) is 30.3 Å². The molecule has 0 bridgehead atoms. The smallest absolute Gasteiger partial charge is 0.323 e. The van der Waals surface area contributed by atoms with Gasteiger partial charge in [-0.05, 0) is 107 Å². The van der Waals surface area contributed by atoms with Crippen molar-refractivity contribution in [2.45, 2.75) is 62.3 Å². The maximum Gasteiger partial charge on any atom is 0.323 e. The van der Waals surface area contributed by atoms with Crippen LogP contribution in [0.3, 0.4) is 0 Å². The lowest BCUT2D eigenvalue weighted by Gasteiger charge is -2.27. The second kappa shape index (κ2) is 20.2. The Hall–Kier alpha value is -2.26. The number of piperidine rings is 2. The summed E-state index contributed by atoms with van der Waals surface area (Å²) in [6, 6.07) is 8.34. The highest BCUT2D eigenvalue weighted by molar-refractivity contribution is 7.89. The molecular weight excluding hydrogens is 673 g/mol. The molecule has 0 saturated carbocycles. The second-order valence-corrected chi connectivity index (χ2v) is 14.4. The molecule has 3 heterocycles. The van der Waals surface area contributed by atoms with Gasteiger partial charge in [-0.3, -0.25) is 14.4 Å². The molecule has 6 N–H and O–H groups in total. The number of carbonyl (C=O) groups is 3. The largest absolute Gasteiger partial charge is 0.480 e. The van der Waals surface area contributed by atoms with Crippen molar-refractivity contribution in [2.75, 3.05) is 39.3 Å². The minimum atomic E-state index is -4.23.